The lowest BCUT2D eigenvalue weighted by Crippen LogP contribution is -2.07. The molecule has 1 fully saturated rings. The molecule has 3 aromatic carbocycles. The number of fused-ring (bicyclic) bond motifs is 1. The lowest BCUT2D eigenvalue weighted by atomic mass is 10.1. The van der Waals surface area contributed by atoms with Gasteiger partial charge < -0.3 is 14.2 Å². The molecule has 6 rings (SSSR count). The van der Waals surface area contributed by atoms with Crippen LogP contribution in [0.5, 0.6) is 17.2 Å². The van der Waals surface area contributed by atoms with Gasteiger partial charge in [-0.15, -0.1) is 10.2 Å². The van der Waals surface area contributed by atoms with Gasteiger partial charge in [-0.3, -0.25) is 4.79 Å². The highest BCUT2D eigenvalue weighted by atomic mass is 19.1. The highest BCUT2D eigenvalue weighted by molar-refractivity contribution is 5.77. The molecule has 2 aliphatic carbocycles. The van der Waals surface area contributed by atoms with E-state index in [2.05, 4.69) is 15.4 Å². The monoisotopic (exact) mass is 514 g/mol. The number of rotatable bonds is 8. The Hall–Kier alpha value is -4.27. The predicted molar refractivity (Wildman–Crippen MR) is 136 cm³/mol. The van der Waals surface area contributed by atoms with Crippen LogP contribution in [0, 0.1) is 11.7 Å². The Bertz CT molecular complexity index is 1470. The number of carbonyl (C=O) groups excluding carboxylic acids is 1. The Balaban J connectivity index is 1.14. The number of benzene rings is 3. The van der Waals surface area contributed by atoms with Crippen molar-refractivity contribution in [2.75, 3.05) is 6.61 Å². The summed E-state index contributed by atoms with van der Waals surface area (Å²) in [4.78, 5) is 13.4. The third kappa shape index (κ3) is 4.71. The molecule has 8 nitrogen and oxygen atoms in total. The summed E-state index contributed by atoms with van der Waals surface area (Å²) in [5.74, 6) is 2.15. The van der Waals surface area contributed by atoms with Crippen molar-refractivity contribution in [3.8, 4) is 28.6 Å². The van der Waals surface area contributed by atoms with Crippen molar-refractivity contribution in [1.29, 1.82) is 0 Å². The first-order valence-electron chi connectivity index (χ1n) is 12.8. The van der Waals surface area contributed by atoms with Crippen molar-refractivity contribution in [2.24, 2.45) is 13.0 Å². The molecule has 0 radical (unpaired) electrons. The van der Waals surface area contributed by atoms with E-state index in [1.54, 1.807) is 13.1 Å². The van der Waals surface area contributed by atoms with Gasteiger partial charge in [0.15, 0.2) is 0 Å². The zero-order valence-electron chi connectivity index (χ0n) is 21.1. The van der Waals surface area contributed by atoms with Crippen molar-refractivity contribution in [2.45, 2.75) is 38.2 Å². The van der Waals surface area contributed by atoms with Gasteiger partial charge in [-0.05, 0) is 91.4 Å². The van der Waals surface area contributed by atoms with E-state index >= 15 is 0 Å². The summed E-state index contributed by atoms with van der Waals surface area (Å²) < 4.78 is 32.5. The van der Waals surface area contributed by atoms with E-state index in [1.807, 2.05) is 55.5 Å². The smallest absolute Gasteiger partial charge is 0.309 e. The Morgan fingerprint density at radius 2 is 1.82 bits per heavy atom. The van der Waals surface area contributed by atoms with Crippen LogP contribution < -0.4 is 9.47 Å². The third-order valence-corrected chi connectivity index (χ3v) is 7.05. The summed E-state index contributed by atoms with van der Waals surface area (Å²) in [6.07, 6.45) is 1.70. The molecule has 1 aromatic heterocycles. The Kier molecular flexibility index (Phi) is 6.27. The van der Waals surface area contributed by atoms with Gasteiger partial charge in [0.05, 0.1) is 19.6 Å². The van der Waals surface area contributed by atoms with E-state index in [-0.39, 0.29) is 23.6 Å². The summed E-state index contributed by atoms with van der Waals surface area (Å²) in [6, 6.07) is 18.2. The zero-order valence-corrected chi connectivity index (χ0v) is 21.1. The standard InChI is InChI=1S/C29H27FN4O4/c1-3-36-29(35)23-16-22(23)17-4-8-20(9-5-17)38-26-14-12-21-25(15-13-24(30)27(21)26)37-19-10-6-18(7-11-19)28-31-33-34(2)32-28/h4-11,13,15,22-23,26H,3,12,14,16H2,1-2H3/t22-,23+,26-/m1/s1. The van der Waals surface area contributed by atoms with E-state index in [1.165, 1.54) is 10.9 Å². The first-order chi connectivity index (χ1) is 18.5. The average Bonchev–Trinajstić information content (AvgIpc) is 3.43. The minimum absolute atomic E-state index is 0.0594. The number of hydrogen-bond acceptors (Lipinski definition) is 7. The fraction of sp³-hybridized carbons (Fsp3) is 0.310. The second kappa shape index (κ2) is 9.89. The molecule has 2 aliphatic rings. The van der Waals surface area contributed by atoms with Crippen LogP contribution in [-0.4, -0.2) is 32.8 Å². The SMILES string of the molecule is CCOC(=O)[C@H]1C[C@@H]1c1ccc(O[C@@H]2CCc3c(Oc4ccc(-c5nnn(C)n5)cc4)ccc(F)c32)cc1. The molecule has 9 heteroatoms. The zero-order chi connectivity index (χ0) is 26.2. The van der Waals surface area contributed by atoms with Crippen LogP contribution in [0.25, 0.3) is 11.4 Å². The van der Waals surface area contributed by atoms with Crippen LogP contribution in [0.1, 0.15) is 48.5 Å². The van der Waals surface area contributed by atoms with E-state index < -0.39 is 6.10 Å². The van der Waals surface area contributed by atoms with Crippen molar-refractivity contribution in [3.05, 3.63) is 83.2 Å². The molecule has 0 saturated heterocycles. The molecule has 0 spiro atoms. The predicted octanol–water partition coefficient (Wildman–Crippen LogP) is 5.54. The summed E-state index contributed by atoms with van der Waals surface area (Å²) in [6.45, 7) is 2.21. The van der Waals surface area contributed by atoms with Gasteiger partial charge in [0.1, 0.15) is 29.2 Å². The number of esters is 1. The molecule has 4 aromatic rings. The number of tetrazole rings is 1. The molecule has 1 heterocycles. The molecular formula is C29H27FN4O4. The van der Waals surface area contributed by atoms with Gasteiger partial charge in [-0.25, -0.2) is 4.39 Å². The van der Waals surface area contributed by atoms with Crippen molar-refractivity contribution in [1.82, 2.24) is 20.2 Å². The number of aryl methyl sites for hydroxylation is 1. The van der Waals surface area contributed by atoms with Gasteiger partial charge in [0, 0.05) is 16.7 Å². The quantitative estimate of drug-likeness (QED) is 0.285. The van der Waals surface area contributed by atoms with Crippen molar-refractivity contribution < 1.29 is 23.4 Å². The summed E-state index contributed by atoms with van der Waals surface area (Å²) in [5, 5.41) is 12.1. The second-order valence-electron chi connectivity index (χ2n) is 9.58. The number of ether oxygens (including phenoxy) is 3. The maximum atomic E-state index is 15.0. The van der Waals surface area contributed by atoms with Crippen LogP contribution in [0.4, 0.5) is 4.39 Å². The van der Waals surface area contributed by atoms with Gasteiger partial charge in [-0.1, -0.05) is 12.1 Å². The van der Waals surface area contributed by atoms with Crippen LogP contribution >= 0.6 is 0 Å². The molecule has 0 aliphatic heterocycles. The second-order valence-corrected chi connectivity index (χ2v) is 9.58. The van der Waals surface area contributed by atoms with Gasteiger partial charge in [-0.2, -0.15) is 4.80 Å². The Morgan fingerprint density at radius 1 is 1.05 bits per heavy atom. The number of aromatic nitrogens is 4. The van der Waals surface area contributed by atoms with Crippen LogP contribution in [0.3, 0.4) is 0 Å². The minimum atomic E-state index is -0.405. The number of halogens is 1. The summed E-state index contributed by atoms with van der Waals surface area (Å²) in [7, 11) is 1.71. The van der Waals surface area contributed by atoms with Crippen LogP contribution in [-0.2, 0) is 23.0 Å². The summed E-state index contributed by atoms with van der Waals surface area (Å²) in [5.41, 5.74) is 3.27. The van der Waals surface area contributed by atoms with Gasteiger partial charge in [0.2, 0.25) is 5.82 Å². The minimum Gasteiger partial charge on any atom is -0.486 e. The lowest BCUT2D eigenvalue weighted by Gasteiger charge is -2.17. The van der Waals surface area contributed by atoms with E-state index in [9.17, 15) is 9.18 Å². The first kappa shape index (κ1) is 24.1. The fourth-order valence-electron chi connectivity index (χ4n) is 5.09. The average molecular weight is 515 g/mol. The first-order valence-corrected chi connectivity index (χ1v) is 12.8. The number of nitrogens with zero attached hydrogens (tertiary/aromatic N) is 4. The third-order valence-electron chi connectivity index (χ3n) is 7.05. The van der Waals surface area contributed by atoms with E-state index in [0.717, 1.165) is 23.1 Å². The van der Waals surface area contributed by atoms with Crippen LogP contribution in [0.15, 0.2) is 60.7 Å². The topological polar surface area (TPSA) is 88.4 Å². The highest BCUT2D eigenvalue weighted by Gasteiger charge is 2.45. The molecular weight excluding hydrogens is 487 g/mol. The maximum Gasteiger partial charge on any atom is 0.309 e. The van der Waals surface area contributed by atoms with E-state index in [0.29, 0.717) is 48.1 Å². The largest absolute Gasteiger partial charge is 0.486 e. The molecule has 38 heavy (non-hydrogen) atoms. The molecule has 3 atom stereocenters. The molecule has 0 N–H and O–H groups in total. The highest BCUT2D eigenvalue weighted by Crippen LogP contribution is 2.49. The molecule has 1 saturated carbocycles. The lowest BCUT2D eigenvalue weighted by molar-refractivity contribution is -0.144. The van der Waals surface area contributed by atoms with Gasteiger partial charge >= 0.3 is 5.97 Å². The Morgan fingerprint density at radius 3 is 2.53 bits per heavy atom. The number of hydrogen-bond donors (Lipinski definition) is 0. The molecule has 0 unspecified atom stereocenters. The number of carbonyl (C=O) groups is 1. The van der Waals surface area contributed by atoms with E-state index in [4.69, 9.17) is 14.2 Å². The maximum absolute atomic E-state index is 15.0. The van der Waals surface area contributed by atoms with Gasteiger partial charge in [0.25, 0.3) is 0 Å². The van der Waals surface area contributed by atoms with Crippen molar-refractivity contribution in [3.63, 3.8) is 0 Å². The van der Waals surface area contributed by atoms with Crippen LogP contribution in [0.2, 0.25) is 0 Å². The fourth-order valence-corrected chi connectivity index (χ4v) is 5.09. The normalized spacial score (nSPS) is 19.6. The molecule has 0 amide bonds. The molecule has 194 valence electrons. The molecule has 0 bridgehead atoms. The summed E-state index contributed by atoms with van der Waals surface area (Å²) >= 11 is 0. The Labute approximate surface area is 219 Å². The van der Waals surface area contributed by atoms with Crippen molar-refractivity contribution >= 4 is 5.97 Å².